The van der Waals surface area contributed by atoms with Crippen LogP contribution in [0.15, 0.2) is 48.7 Å². The van der Waals surface area contributed by atoms with Crippen LogP contribution in [0.1, 0.15) is 17.3 Å². The molecule has 0 fully saturated rings. The van der Waals surface area contributed by atoms with E-state index < -0.39 is 0 Å². The fourth-order valence-electron chi connectivity index (χ4n) is 2.86. The Bertz CT molecular complexity index is 1040. The lowest BCUT2D eigenvalue weighted by Gasteiger charge is -2.29. The summed E-state index contributed by atoms with van der Waals surface area (Å²) in [5.74, 6) is 0.938. The molecule has 148 valence electrons. The summed E-state index contributed by atoms with van der Waals surface area (Å²) in [6, 6.07) is 12.4. The maximum Gasteiger partial charge on any atom is 0.268 e. The Morgan fingerprint density at radius 2 is 1.90 bits per heavy atom. The van der Waals surface area contributed by atoms with E-state index in [2.05, 4.69) is 15.3 Å². The maximum atomic E-state index is 12.9. The Morgan fingerprint density at radius 1 is 1.17 bits per heavy atom. The molecule has 9 heteroatoms. The third kappa shape index (κ3) is 3.92. The number of anilines is 3. The molecule has 0 unspecified atom stereocenters. The first kappa shape index (κ1) is 19.3. The van der Waals surface area contributed by atoms with E-state index >= 15 is 0 Å². The fraction of sp³-hybridized carbons (Fsp3) is 0.150. The number of fused-ring (bicyclic) bond motifs is 1. The summed E-state index contributed by atoms with van der Waals surface area (Å²) in [5.41, 5.74) is 1.40. The van der Waals surface area contributed by atoms with Crippen LogP contribution in [0.2, 0.25) is 10.0 Å². The first-order chi connectivity index (χ1) is 14.1. The van der Waals surface area contributed by atoms with Crippen LogP contribution in [0.3, 0.4) is 0 Å². The third-order valence-electron chi connectivity index (χ3n) is 4.19. The van der Waals surface area contributed by atoms with Crippen molar-refractivity contribution in [2.45, 2.75) is 6.92 Å². The van der Waals surface area contributed by atoms with Crippen LogP contribution in [-0.2, 0) is 0 Å². The van der Waals surface area contributed by atoms with Gasteiger partial charge in [0.15, 0.2) is 6.73 Å². The molecule has 0 radical (unpaired) electrons. The molecule has 0 spiro atoms. The van der Waals surface area contributed by atoms with Crippen LogP contribution in [0, 0.1) is 0 Å². The summed E-state index contributed by atoms with van der Waals surface area (Å²) >= 11 is 12.4. The van der Waals surface area contributed by atoms with E-state index in [1.54, 1.807) is 18.2 Å². The zero-order valence-corrected chi connectivity index (χ0v) is 16.9. The van der Waals surface area contributed by atoms with Crippen LogP contribution < -0.4 is 19.7 Å². The Balaban J connectivity index is 1.55. The summed E-state index contributed by atoms with van der Waals surface area (Å²) in [4.78, 5) is 22.8. The van der Waals surface area contributed by atoms with Crippen molar-refractivity contribution in [3.05, 3.63) is 64.3 Å². The van der Waals surface area contributed by atoms with Gasteiger partial charge >= 0.3 is 0 Å². The normalized spacial score (nSPS) is 12.9. The molecule has 1 aliphatic rings. The van der Waals surface area contributed by atoms with Crippen molar-refractivity contribution in [3.63, 3.8) is 0 Å². The fourth-order valence-corrected chi connectivity index (χ4v) is 3.46. The highest BCUT2D eigenvalue weighted by atomic mass is 35.5. The molecule has 2 heterocycles. The maximum absolute atomic E-state index is 12.9. The van der Waals surface area contributed by atoms with E-state index in [9.17, 15) is 4.79 Å². The number of aromatic nitrogens is 2. The summed E-state index contributed by atoms with van der Waals surface area (Å²) in [6.07, 6.45) is 1.42. The monoisotopic (exact) mass is 430 g/mol. The van der Waals surface area contributed by atoms with Crippen LogP contribution in [-0.4, -0.2) is 29.2 Å². The molecule has 1 amide bonds. The van der Waals surface area contributed by atoms with Gasteiger partial charge in [0.1, 0.15) is 11.3 Å². The number of amides is 1. The van der Waals surface area contributed by atoms with E-state index in [1.807, 2.05) is 31.2 Å². The van der Waals surface area contributed by atoms with Gasteiger partial charge < -0.3 is 14.8 Å². The molecule has 3 aromatic rings. The van der Waals surface area contributed by atoms with Crippen LogP contribution in [0.25, 0.3) is 0 Å². The molecule has 0 atom stereocenters. The minimum absolute atomic E-state index is 0.0607. The summed E-state index contributed by atoms with van der Waals surface area (Å²) < 4.78 is 11.1. The van der Waals surface area contributed by atoms with Gasteiger partial charge in [-0.1, -0.05) is 29.3 Å². The number of halogens is 2. The second-order valence-electron chi connectivity index (χ2n) is 6.07. The second-order valence-corrected chi connectivity index (χ2v) is 6.89. The van der Waals surface area contributed by atoms with Gasteiger partial charge in [-0.2, -0.15) is 4.98 Å². The van der Waals surface area contributed by atoms with Gasteiger partial charge in [-0.25, -0.2) is 4.98 Å². The van der Waals surface area contributed by atoms with E-state index in [-0.39, 0.29) is 24.1 Å². The number of rotatable bonds is 5. The Morgan fingerprint density at radius 3 is 2.59 bits per heavy atom. The van der Waals surface area contributed by atoms with Crippen molar-refractivity contribution in [2.75, 3.05) is 23.6 Å². The Labute approximate surface area is 177 Å². The lowest BCUT2D eigenvalue weighted by atomic mass is 10.2. The average Bonchev–Trinajstić information content (AvgIpc) is 2.71. The van der Waals surface area contributed by atoms with E-state index in [4.69, 9.17) is 32.7 Å². The van der Waals surface area contributed by atoms with Crippen LogP contribution in [0.4, 0.5) is 17.3 Å². The molecule has 0 aliphatic carbocycles. The molecule has 1 aliphatic heterocycles. The number of hydrogen-bond donors (Lipinski definition) is 1. The topological polar surface area (TPSA) is 76.6 Å². The Hall–Kier alpha value is -3.03. The third-order valence-corrected chi connectivity index (χ3v) is 4.80. The molecule has 1 N–H and O–H groups in total. The van der Waals surface area contributed by atoms with Crippen molar-refractivity contribution in [1.82, 2.24) is 9.97 Å². The van der Waals surface area contributed by atoms with E-state index in [0.29, 0.717) is 28.3 Å². The predicted molar refractivity (Wildman–Crippen MR) is 112 cm³/mol. The SMILES string of the molecule is CCOc1ccc(Nc2ncc3c(n2)OCN(c2c(Cl)cccc2Cl)C3=O)cc1. The summed E-state index contributed by atoms with van der Waals surface area (Å²) in [7, 11) is 0. The smallest absolute Gasteiger partial charge is 0.268 e. The lowest BCUT2D eigenvalue weighted by molar-refractivity contribution is 0.0932. The van der Waals surface area contributed by atoms with Crippen molar-refractivity contribution in [2.24, 2.45) is 0 Å². The number of benzene rings is 2. The number of nitrogens with one attached hydrogen (secondary N) is 1. The first-order valence-corrected chi connectivity index (χ1v) is 9.58. The molecular formula is C20H16Cl2N4O3. The molecule has 1 aromatic heterocycles. The summed E-state index contributed by atoms with van der Waals surface area (Å²) in [5, 5.41) is 3.78. The highest BCUT2D eigenvalue weighted by Gasteiger charge is 2.31. The van der Waals surface area contributed by atoms with Gasteiger partial charge in [-0.15, -0.1) is 0 Å². The molecule has 0 bridgehead atoms. The number of nitrogens with zero attached hydrogens (tertiary/aromatic N) is 3. The lowest BCUT2D eigenvalue weighted by Crippen LogP contribution is -2.39. The largest absolute Gasteiger partial charge is 0.494 e. The van der Waals surface area contributed by atoms with Crippen LogP contribution >= 0.6 is 23.2 Å². The zero-order valence-electron chi connectivity index (χ0n) is 15.4. The van der Waals surface area contributed by atoms with Gasteiger partial charge in [0.2, 0.25) is 11.8 Å². The molecular weight excluding hydrogens is 415 g/mol. The Kier molecular flexibility index (Phi) is 5.42. The second kappa shape index (κ2) is 8.14. The predicted octanol–water partition coefficient (Wildman–Crippen LogP) is 4.92. The molecule has 0 saturated carbocycles. The minimum Gasteiger partial charge on any atom is -0.494 e. The number of para-hydroxylation sites is 1. The highest BCUT2D eigenvalue weighted by Crippen LogP contribution is 2.37. The van der Waals surface area contributed by atoms with Gasteiger partial charge in [0.25, 0.3) is 5.91 Å². The average molecular weight is 431 g/mol. The van der Waals surface area contributed by atoms with Gasteiger partial charge in [0.05, 0.1) is 22.3 Å². The zero-order chi connectivity index (χ0) is 20.4. The molecule has 7 nitrogen and oxygen atoms in total. The first-order valence-electron chi connectivity index (χ1n) is 8.82. The van der Waals surface area contributed by atoms with Crippen molar-refractivity contribution in [3.8, 4) is 11.6 Å². The standard InChI is InChI=1S/C20H16Cl2N4O3/c1-2-28-13-8-6-12(7-9-13)24-20-23-10-14-18(25-20)29-11-26(19(14)27)17-15(21)4-3-5-16(17)22/h3-10H,2,11H2,1H3,(H,23,24,25). The van der Waals surface area contributed by atoms with Crippen molar-refractivity contribution < 1.29 is 14.3 Å². The minimum atomic E-state index is -0.339. The van der Waals surface area contributed by atoms with Gasteiger partial charge in [-0.3, -0.25) is 9.69 Å². The quantitative estimate of drug-likeness (QED) is 0.618. The van der Waals surface area contributed by atoms with E-state index in [1.165, 1.54) is 11.1 Å². The molecule has 0 saturated heterocycles. The molecule has 4 rings (SSSR count). The number of carbonyl (C=O) groups excluding carboxylic acids is 1. The molecule has 29 heavy (non-hydrogen) atoms. The van der Waals surface area contributed by atoms with Gasteiger partial charge in [0, 0.05) is 11.9 Å². The number of carbonyl (C=O) groups is 1. The molecule has 2 aromatic carbocycles. The van der Waals surface area contributed by atoms with Crippen molar-refractivity contribution >= 4 is 46.4 Å². The highest BCUT2D eigenvalue weighted by molar-refractivity contribution is 6.40. The van der Waals surface area contributed by atoms with Gasteiger partial charge in [-0.05, 0) is 43.3 Å². The van der Waals surface area contributed by atoms with Crippen molar-refractivity contribution in [1.29, 1.82) is 0 Å². The number of ether oxygens (including phenoxy) is 2. The number of hydrogen-bond acceptors (Lipinski definition) is 6. The summed E-state index contributed by atoms with van der Waals surface area (Å²) in [6.45, 7) is 2.46. The van der Waals surface area contributed by atoms with Crippen LogP contribution in [0.5, 0.6) is 11.6 Å². The van der Waals surface area contributed by atoms with E-state index in [0.717, 1.165) is 11.4 Å².